The molecule has 104 valence electrons. The second-order valence-electron chi connectivity index (χ2n) is 4.08. The molecule has 0 saturated heterocycles. The van der Waals surface area contributed by atoms with Gasteiger partial charge in [-0.15, -0.1) is 0 Å². The van der Waals surface area contributed by atoms with E-state index in [-0.39, 0.29) is 11.8 Å². The molecule has 5 heteroatoms. The largest absolute Gasteiger partial charge is 0.352 e. The maximum atomic E-state index is 11.8. The van der Waals surface area contributed by atoms with Crippen molar-refractivity contribution in [3.63, 3.8) is 0 Å². The van der Waals surface area contributed by atoms with Gasteiger partial charge < -0.3 is 10.2 Å². The number of nitrogens with zero attached hydrogens (tertiary/aromatic N) is 1. The van der Waals surface area contributed by atoms with Gasteiger partial charge in [-0.05, 0) is 54.6 Å². The fourth-order valence-electron chi connectivity index (χ4n) is 1.75. The molecule has 0 aliphatic rings. The summed E-state index contributed by atoms with van der Waals surface area (Å²) in [5.41, 5.74) is 0.627. The Morgan fingerprint density at radius 1 is 1.26 bits per heavy atom. The maximum Gasteiger partial charge on any atom is 0.251 e. The third-order valence-corrected chi connectivity index (χ3v) is 3.50. The maximum absolute atomic E-state index is 11.8. The van der Waals surface area contributed by atoms with E-state index in [1.165, 1.54) is 0 Å². The van der Waals surface area contributed by atoms with E-state index in [1.807, 2.05) is 32.0 Å². The topological polar surface area (TPSA) is 49.4 Å². The first kappa shape index (κ1) is 15.9. The van der Waals surface area contributed by atoms with Gasteiger partial charge in [-0.2, -0.15) is 0 Å². The van der Waals surface area contributed by atoms with Gasteiger partial charge in [0.2, 0.25) is 5.91 Å². The van der Waals surface area contributed by atoms with Crippen molar-refractivity contribution in [2.45, 2.75) is 20.3 Å². The smallest absolute Gasteiger partial charge is 0.251 e. The number of hydrogen-bond acceptors (Lipinski definition) is 2. The highest BCUT2D eigenvalue weighted by Gasteiger charge is 2.10. The number of nitrogens with one attached hydrogen (secondary N) is 1. The van der Waals surface area contributed by atoms with Crippen LogP contribution in [0.3, 0.4) is 0 Å². The van der Waals surface area contributed by atoms with Gasteiger partial charge in [0, 0.05) is 35.2 Å². The summed E-state index contributed by atoms with van der Waals surface area (Å²) >= 11 is 2.16. The Morgan fingerprint density at radius 2 is 1.95 bits per heavy atom. The lowest BCUT2D eigenvalue weighted by Crippen LogP contribution is -2.34. The summed E-state index contributed by atoms with van der Waals surface area (Å²) in [6.45, 7) is 5.69. The predicted molar refractivity (Wildman–Crippen MR) is 84.0 cm³/mol. The van der Waals surface area contributed by atoms with E-state index >= 15 is 0 Å². The molecule has 19 heavy (non-hydrogen) atoms. The molecule has 0 spiro atoms. The zero-order valence-electron chi connectivity index (χ0n) is 11.3. The number of rotatable bonds is 6. The second kappa shape index (κ2) is 8.14. The van der Waals surface area contributed by atoms with Crippen LogP contribution in [0.4, 0.5) is 0 Å². The molecule has 1 aromatic rings. The number of hydrogen-bond donors (Lipinski definition) is 1. The Morgan fingerprint density at radius 3 is 2.53 bits per heavy atom. The molecule has 1 aromatic carbocycles. The molecule has 0 heterocycles. The summed E-state index contributed by atoms with van der Waals surface area (Å²) in [4.78, 5) is 25.4. The van der Waals surface area contributed by atoms with Gasteiger partial charge in [0.15, 0.2) is 0 Å². The summed E-state index contributed by atoms with van der Waals surface area (Å²) in [6, 6.07) is 7.37. The van der Waals surface area contributed by atoms with E-state index in [1.54, 1.807) is 11.0 Å². The minimum atomic E-state index is -0.133. The standard InChI is InChI=1S/C14H19IN2O2/c1-3-17(4-2)13(18)8-9-16-14(19)11-6-5-7-12(15)10-11/h5-7,10H,3-4,8-9H2,1-2H3,(H,16,19). The van der Waals surface area contributed by atoms with Crippen molar-refractivity contribution < 1.29 is 9.59 Å². The quantitative estimate of drug-likeness (QED) is 0.777. The Hall–Kier alpha value is -1.11. The zero-order valence-corrected chi connectivity index (χ0v) is 13.4. The first-order chi connectivity index (χ1) is 9.08. The van der Waals surface area contributed by atoms with Gasteiger partial charge >= 0.3 is 0 Å². The van der Waals surface area contributed by atoms with Gasteiger partial charge in [-0.1, -0.05) is 6.07 Å². The van der Waals surface area contributed by atoms with Gasteiger partial charge in [-0.3, -0.25) is 9.59 Å². The second-order valence-corrected chi connectivity index (χ2v) is 5.33. The van der Waals surface area contributed by atoms with Crippen molar-refractivity contribution in [3.8, 4) is 0 Å². The van der Waals surface area contributed by atoms with Crippen molar-refractivity contribution in [2.24, 2.45) is 0 Å². The third-order valence-electron chi connectivity index (χ3n) is 2.83. The van der Waals surface area contributed by atoms with Crippen molar-refractivity contribution >= 4 is 34.4 Å². The van der Waals surface area contributed by atoms with Crippen molar-refractivity contribution in [1.82, 2.24) is 10.2 Å². The molecule has 0 bridgehead atoms. The molecule has 1 rings (SSSR count). The average molecular weight is 374 g/mol. The van der Waals surface area contributed by atoms with Crippen molar-refractivity contribution in [2.75, 3.05) is 19.6 Å². The van der Waals surface area contributed by atoms with E-state index in [0.717, 1.165) is 3.57 Å². The average Bonchev–Trinajstić information content (AvgIpc) is 2.40. The van der Waals surface area contributed by atoms with Crippen LogP contribution in [-0.4, -0.2) is 36.3 Å². The number of carbonyl (C=O) groups is 2. The first-order valence-corrected chi connectivity index (χ1v) is 7.47. The van der Waals surface area contributed by atoms with E-state index in [4.69, 9.17) is 0 Å². The number of halogens is 1. The SMILES string of the molecule is CCN(CC)C(=O)CCNC(=O)c1cccc(I)c1. The summed E-state index contributed by atoms with van der Waals surface area (Å²) in [5.74, 6) is -0.0567. The van der Waals surface area contributed by atoms with Crippen LogP contribution < -0.4 is 5.32 Å². The third kappa shape index (κ3) is 5.18. The Kier molecular flexibility index (Phi) is 6.83. The summed E-state index contributed by atoms with van der Waals surface area (Å²) in [6.07, 6.45) is 0.345. The van der Waals surface area contributed by atoms with Crippen LogP contribution in [0.25, 0.3) is 0 Å². The molecule has 1 N–H and O–H groups in total. The van der Waals surface area contributed by atoms with Crippen LogP contribution in [0.5, 0.6) is 0 Å². The van der Waals surface area contributed by atoms with Gasteiger partial charge in [0.25, 0.3) is 5.91 Å². The normalized spacial score (nSPS) is 10.1. The van der Waals surface area contributed by atoms with Crippen molar-refractivity contribution in [1.29, 1.82) is 0 Å². The zero-order chi connectivity index (χ0) is 14.3. The molecular weight excluding hydrogens is 355 g/mol. The molecule has 0 aliphatic carbocycles. The minimum absolute atomic E-state index is 0.0768. The lowest BCUT2D eigenvalue weighted by atomic mass is 10.2. The molecule has 2 amide bonds. The molecule has 4 nitrogen and oxygen atoms in total. The summed E-state index contributed by atoms with van der Waals surface area (Å²) in [7, 11) is 0. The van der Waals surface area contributed by atoms with Gasteiger partial charge in [-0.25, -0.2) is 0 Å². The number of benzene rings is 1. The molecule has 0 aromatic heterocycles. The van der Waals surface area contributed by atoms with Crippen molar-refractivity contribution in [3.05, 3.63) is 33.4 Å². The van der Waals surface area contributed by atoms with E-state index < -0.39 is 0 Å². The monoisotopic (exact) mass is 374 g/mol. The minimum Gasteiger partial charge on any atom is -0.352 e. The summed E-state index contributed by atoms with van der Waals surface area (Å²) in [5, 5.41) is 2.77. The molecule has 0 saturated carbocycles. The molecule has 0 unspecified atom stereocenters. The molecule has 0 aliphatic heterocycles. The Labute approximate surface area is 127 Å². The highest BCUT2D eigenvalue weighted by atomic mass is 127. The fourth-order valence-corrected chi connectivity index (χ4v) is 2.29. The van der Waals surface area contributed by atoms with Crippen LogP contribution in [0.15, 0.2) is 24.3 Å². The first-order valence-electron chi connectivity index (χ1n) is 6.40. The Balaban J connectivity index is 2.41. The van der Waals surface area contributed by atoms with Crippen LogP contribution in [0.2, 0.25) is 0 Å². The van der Waals surface area contributed by atoms with E-state index in [2.05, 4.69) is 27.9 Å². The van der Waals surface area contributed by atoms with Crippen LogP contribution in [0, 0.1) is 3.57 Å². The number of amides is 2. The van der Waals surface area contributed by atoms with E-state index in [9.17, 15) is 9.59 Å². The van der Waals surface area contributed by atoms with Crippen LogP contribution in [-0.2, 0) is 4.79 Å². The van der Waals surface area contributed by atoms with Gasteiger partial charge in [0.1, 0.15) is 0 Å². The van der Waals surface area contributed by atoms with Crippen LogP contribution >= 0.6 is 22.6 Å². The Bertz CT molecular complexity index is 445. The van der Waals surface area contributed by atoms with Gasteiger partial charge in [0.05, 0.1) is 0 Å². The summed E-state index contributed by atoms with van der Waals surface area (Å²) < 4.78 is 1.02. The molecule has 0 atom stereocenters. The molecular formula is C14H19IN2O2. The molecule has 0 fully saturated rings. The van der Waals surface area contributed by atoms with Crippen LogP contribution in [0.1, 0.15) is 30.6 Å². The number of carbonyl (C=O) groups excluding carboxylic acids is 2. The molecule has 0 radical (unpaired) electrons. The lowest BCUT2D eigenvalue weighted by Gasteiger charge is -2.18. The predicted octanol–water partition coefficient (Wildman–Crippen LogP) is 2.28. The highest BCUT2D eigenvalue weighted by Crippen LogP contribution is 2.07. The fraction of sp³-hybridized carbons (Fsp3) is 0.429. The van der Waals surface area contributed by atoms with E-state index in [0.29, 0.717) is 31.6 Å². The highest BCUT2D eigenvalue weighted by molar-refractivity contribution is 14.1. The lowest BCUT2D eigenvalue weighted by molar-refractivity contribution is -0.130.